The lowest BCUT2D eigenvalue weighted by molar-refractivity contribution is -0.123. The van der Waals surface area contributed by atoms with Gasteiger partial charge in [0.1, 0.15) is 5.82 Å². The molecule has 0 aromatic carbocycles. The van der Waals surface area contributed by atoms with Crippen LogP contribution in [0.15, 0.2) is 18.3 Å². The van der Waals surface area contributed by atoms with E-state index in [9.17, 15) is 4.79 Å². The van der Waals surface area contributed by atoms with Crippen LogP contribution in [0.3, 0.4) is 0 Å². The monoisotopic (exact) mass is 265 g/mol. The minimum absolute atomic E-state index is 0.00233. The number of rotatable bonds is 5. The first-order valence-electron chi connectivity index (χ1n) is 6.51. The number of carbonyl (C=O) groups is 1. The number of aliphatic hydroxyl groups is 1. The SMILES string of the molecule is CCC(CO)Nc1ccc(NC(=O)C(C)(C)C)cn1. The van der Waals surface area contributed by atoms with Crippen molar-refractivity contribution >= 4 is 17.4 Å². The molecule has 0 spiro atoms. The summed E-state index contributed by atoms with van der Waals surface area (Å²) in [4.78, 5) is 16.0. The van der Waals surface area contributed by atoms with Crippen molar-refractivity contribution in [1.29, 1.82) is 0 Å². The third-order valence-electron chi connectivity index (χ3n) is 2.77. The highest BCUT2D eigenvalue weighted by Gasteiger charge is 2.21. The Morgan fingerprint density at radius 2 is 2.11 bits per heavy atom. The van der Waals surface area contributed by atoms with E-state index in [1.165, 1.54) is 0 Å². The van der Waals surface area contributed by atoms with E-state index in [0.29, 0.717) is 11.5 Å². The van der Waals surface area contributed by atoms with Crippen LogP contribution in [0.4, 0.5) is 11.5 Å². The van der Waals surface area contributed by atoms with Crippen LogP contribution < -0.4 is 10.6 Å². The molecule has 0 bridgehead atoms. The summed E-state index contributed by atoms with van der Waals surface area (Å²) in [6.07, 6.45) is 2.43. The molecule has 0 fully saturated rings. The number of nitrogens with one attached hydrogen (secondary N) is 2. The fraction of sp³-hybridized carbons (Fsp3) is 0.571. The number of carbonyl (C=O) groups excluding carboxylic acids is 1. The zero-order valence-electron chi connectivity index (χ0n) is 12.0. The predicted octanol–water partition coefficient (Wildman–Crippen LogP) is 2.25. The van der Waals surface area contributed by atoms with E-state index in [0.717, 1.165) is 6.42 Å². The molecule has 3 N–H and O–H groups in total. The smallest absolute Gasteiger partial charge is 0.229 e. The molecular formula is C14H23N3O2. The molecule has 0 radical (unpaired) electrons. The Balaban J connectivity index is 2.64. The number of hydrogen-bond donors (Lipinski definition) is 3. The Hall–Kier alpha value is -1.62. The Labute approximate surface area is 114 Å². The molecule has 1 unspecified atom stereocenters. The van der Waals surface area contributed by atoms with Gasteiger partial charge < -0.3 is 15.7 Å². The number of anilines is 2. The van der Waals surface area contributed by atoms with Crippen molar-refractivity contribution in [2.75, 3.05) is 17.2 Å². The van der Waals surface area contributed by atoms with Gasteiger partial charge in [-0.15, -0.1) is 0 Å². The van der Waals surface area contributed by atoms with E-state index in [1.807, 2.05) is 27.7 Å². The largest absolute Gasteiger partial charge is 0.394 e. The van der Waals surface area contributed by atoms with Crippen molar-refractivity contribution in [2.45, 2.75) is 40.2 Å². The van der Waals surface area contributed by atoms with Crippen LogP contribution in [-0.4, -0.2) is 28.6 Å². The van der Waals surface area contributed by atoms with Gasteiger partial charge in [0.15, 0.2) is 0 Å². The number of hydrogen-bond acceptors (Lipinski definition) is 4. The number of amides is 1. The van der Waals surface area contributed by atoms with Crippen molar-refractivity contribution < 1.29 is 9.90 Å². The summed E-state index contributed by atoms with van der Waals surface area (Å²) in [6.45, 7) is 7.64. The zero-order chi connectivity index (χ0) is 14.5. The first-order valence-corrected chi connectivity index (χ1v) is 6.51. The Morgan fingerprint density at radius 3 is 2.53 bits per heavy atom. The fourth-order valence-electron chi connectivity index (χ4n) is 1.36. The molecule has 1 aromatic rings. The van der Waals surface area contributed by atoms with E-state index in [2.05, 4.69) is 15.6 Å². The van der Waals surface area contributed by atoms with Crippen LogP contribution in [-0.2, 0) is 4.79 Å². The summed E-state index contributed by atoms with van der Waals surface area (Å²) < 4.78 is 0. The molecule has 19 heavy (non-hydrogen) atoms. The molecule has 1 heterocycles. The van der Waals surface area contributed by atoms with Crippen LogP contribution in [0.5, 0.6) is 0 Å². The van der Waals surface area contributed by atoms with E-state index >= 15 is 0 Å². The van der Waals surface area contributed by atoms with Crippen molar-refractivity contribution in [3.63, 3.8) is 0 Å². The molecule has 5 heteroatoms. The summed E-state index contributed by atoms with van der Waals surface area (Å²) in [5.41, 5.74) is 0.240. The number of pyridine rings is 1. The fourth-order valence-corrected chi connectivity index (χ4v) is 1.36. The lowest BCUT2D eigenvalue weighted by Gasteiger charge is -2.18. The second-order valence-electron chi connectivity index (χ2n) is 5.57. The third kappa shape index (κ3) is 4.87. The predicted molar refractivity (Wildman–Crippen MR) is 77.1 cm³/mol. The highest BCUT2D eigenvalue weighted by atomic mass is 16.3. The molecule has 0 aliphatic carbocycles. The summed E-state index contributed by atoms with van der Waals surface area (Å²) in [5.74, 6) is 0.645. The number of nitrogens with zero attached hydrogens (tertiary/aromatic N) is 1. The van der Waals surface area contributed by atoms with Gasteiger partial charge in [-0.1, -0.05) is 27.7 Å². The van der Waals surface area contributed by atoms with Gasteiger partial charge in [0, 0.05) is 5.41 Å². The first-order chi connectivity index (χ1) is 8.86. The second kappa shape index (κ2) is 6.52. The van der Waals surface area contributed by atoms with Gasteiger partial charge in [-0.05, 0) is 18.6 Å². The minimum Gasteiger partial charge on any atom is -0.394 e. The van der Waals surface area contributed by atoms with E-state index < -0.39 is 5.41 Å². The van der Waals surface area contributed by atoms with Crippen LogP contribution in [0.1, 0.15) is 34.1 Å². The molecule has 0 aliphatic rings. The lowest BCUT2D eigenvalue weighted by atomic mass is 9.96. The van der Waals surface area contributed by atoms with Gasteiger partial charge in [0.25, 0.3) is 0 Å². The van der Waals surface area contributed by atoms with Crippen LogP contribution >= 0.6 is 0 Å². The number of aliphatic hydroxyl groups excluding tert-OH is 1. The highest BCUT2D eigenvalue weighted by Crippen LogP contribution is 2.17. The van der Waals surface area contributed by atoms with Gasteiger partial charge >= 0.3 is 0 Å². The topological polar surface area (TPSA) is 74.2 Å². The molecule has 0 saturated heterocycles. The van der Waals surface area contributed by atoms with Crippen LogP contribution in [0.2, 0.25) is 0 Å². The molecular weight excluding hydrogens is 242 g/mol. The van der Waals surface area contributed by atoms with E-state index in [-0.39, 0.29) is 18.6 Å². The molecule has 106 valence electrons. The average Bonchev–Trinajstić information content (AvgIpc) is 2.36. The van der Waals surface area contributed by atoms with E-state index in [4.69, 9.17) is 5.11 Å². The van der Waals surface area contributed by atoms with Crippen molar-refractivity contribution in [1.82, 2.24) is 4.98 Å². The maximum Gasteiger partial charge on any atom is 0.229 e. The quantitative estimate of drug-likeness (QED) is 0.763. The third-order valence-corrected chi connectivity index (χ3v) is 2.77. The average molecular weight is 265 g/mol. The summed E-state index contributed by atoms with van der Waals surface area (Å²) in [7, 11) is 0. The van der Waals surface area contributed by atoms with Crippen LogP contribution in [0.25, 0.3) is 0 Å². The van der Waals surface area contributed by atoms with Gasteiger partial charge in [-0.2, -0.15) is 0 Å². The normalized spacial score (nSPS) is 12.9. The minimum atomic E-state index is -0.429. The van der Waals surface area contributed by atoms with Crippen molar-refractivity contribution in [3.8, 4) is 0 Å². The molecule has 1 rings (SSSR count). The summed E-state index contributed by atoms with van der Waals surface area (Å²) in [6, 6.07) is 3.59. The van der Waals surface area contributed by atoms with E-state index in [1.54, 1.807) is 18.3 Å². The standard InChI is InChI=1S/C14H23N3O2/c1-5-10(9-18)16-12-7-6-11(8-15-12)17-13(19)14(2,3)4/h6-8,10,18H,5,9H2,1-4H3,(H,15,16)(H,17,19). The maximum atomic E-state index is 11.8. The Bertz CT molecular complexity index is 406. The van der Waals surface area contributed by atoms with Gasteiger partial charge in [0.2, 0.25) is 5.91 Å². The molecule has 1 aromatic heterocycles. The molecule has 5 nitrogen and oxygen atoms in total. The molecule has 1 atom stereocenters. The second-order valence-corrected chi connectivity index (χ2v) is 5.57. The summed E-state index contributed by atoms with van der Waals surface area (Å²) >= 11 is 0. The molecule has 1 amide bonds. The Morgan fingerprint density at radius 1 is 1.42 bits per heavy atom. The maximum absolute atomic E-state index is 11.8. The molecule has 0 saturated carbocycles. The van der Waals surface area contributed by atoms with Crippen molar-refractivity contribution in [2.24, 2.45) is 5.41 Å². The van der Waals surface area contributed by atoms with Gasteiger partial charge in [-0.3, -0.25) is 4.79 Å². The first kappa shape index (κ1) is 15.4. The lowest BCUT2D eigenvalue weighted by Crippen LogP contribution is -2.27. The van der Waals surface area contributed by atoms with Crippen molar-refractivity contribution in [3.05, 3.63) is 18.3 Å². The Kier molecular flexibility index (Phi) is 5.30. The zero-order valence-corrected chi connectivity index (χ0v) is 12.0. The van der Waals surface area contributed by atoms with Gasteiger partial charge in [0.05, 0.1) is 24.5 Å². The number of aromatic nitrogens is 1. The highest BCUT2D eigenvalue weighted by molar-refractivity contribution is 5.94. The van der Waals surface area contributed by atoms with Gasteiger partial charge in [-0.25, -0.2) is 4.98 Å². The van der Waals surface area contributed by atoms with Crippen LogP contribution in [0, 0.1) is 5.41 Å². The summed E-state index contributed by atoms with van der Waals surface area (Å²) in [5, 5.41) is 15.0. The molecule has 0 aliphatic heterocycles.